The number of alkyl halides is 3. The first-order chi connectivity index (χ1) is 9.01. The molecule has 0 heterocycles. The number of hydrogen-bond acceptors (Lipinski definition) is 5. The largest absolute Gasteiger partial charge is 0.446 e. The number of thioether (sulfide) groups is 1. The zero-order valence-corrected chi connectivity index (χ0v) is 12.0. The van der Waals surface area contributed by atoms with E-state index in [1.165, 1.54) is 0 Å². The Bertz CT molecular complexity index is 616. The second kappa shape index (κ2) is 6.44. The molecule has 1 aromatic rings. The van der Waals surface area contributed by atoms with Gasteiger partial charge in [-0.1, -0.05) is 0 Å². The summed E-state index contributed by atoms with van der Waals surface area (Å²) in [6.45, 7) is 0. The monoisotopic (exact) mass is 354 g/mol. The van der Waals surface area contributed by atoms with E-state index >= 15 is 0 Å². The zero-order chi connectivity index (χ0) is 15.6. The summed E-state index contributed by atoms with van der Waals surface area (Å²) in [5.41, 5.74) is -4.83. The van der Waals surface area contributed by atoms with Gasteiger partial charge in [0, 0.05) is 4.90 Å². The number of hydrogen-bond donors (Lipinski definition) is 1. The zero-order valence-electron chi connectivity index (χ0n) is 9.35. The fraction of sp³-hybridized carbons (Fsp3) is 0.250. The van der Waals surface area contributed by atoms with Crippen molar-refractivity contribution in [2.24, 2.45) is 0 Å². The quantitative estimate of drug-likeness (QED) is 0.379. The molecule has 0 radical (unpaired) electrons. The summed E-state index contributed by atoms with van der Waals surface area (Å²) in [5, 5.41) is 0. The maximum absolute atomic E-state index is 12.9. The lowest BCUT2D eigenvalue weighted by molar-refractivity contribution is -0.0329. The van der Waals surface area contributed by atoms with Gasteiger partial charge >= 0.3 is 5.51 Å². The van der Waals surface area contributed by atoms with Crippen LogP contribution in [0.1, 0.15) is 0 Å². The smallest absolute Gasteiger partial charge is 0.345 e. The topological polar surface area (TPSA) is 80.7 Å². The summed E-state index contributed by atoms with van der Waals surface area (Å²) in [6.07, 6.45) is -1.07. The van der Waals surface area contributed by atoms with E-state index in [9.17, 15) is 30.5 Å². The lowest BCUT2D eigenvalue weighted by Gasteiger charge is -2.11. The predicted molar refractivity (Wildman–Crippen MR) is 62.7 cm³/mol. The number of halogens is 4. The second-order valence-corrected chi connectivity index (χ2v) is 7.02. The van der Waals surface area contributed by atoms with E-state index in [4.69, 9.17) is 4.89 Å². The molecule has 1 aromatic carbocycles. The minimum atomic E-state index is -4.83. The molecule has 0 aliphatic rings. The van der Waals surface area contributed by atoms with Gasteiger partial charge < -0.3 is 4.89 Å². The van der Waals surface area contributed by atoms with E-state index in [2.05, 4.69) is 4.18 Å². The molecule has 1 atom stereocenters. The molecule has 1 unspecified atom stereocenters. The third-order valence-corrected chi connectivity index (χ3v) is 4.58. The van der Waals surface area contributed by atoms with Crippen molar-refractivity contribution in [2.45, 2.75) is 15.3 Å². The maximum Gasteiger partial charge on any atom is 0.446 e. The van der Waals surface area contributed by atoms with Crippen LogP contribution in [0, 0.1) is 5.82 Å². The van der Waals surface area contributed by atoms with Gasteiger partial charge in [0.05, 0.1) is 0 Å². The van der Waals surface area contributed by atoms with Gasteiger partial charge in [-0.3, -0.25) is 8.75 Å². The van der Waals surface area contributed by atoms with Crippen molar-refractivity contribution in [1.29, 1.82) is 0 Å². The third kappa shape index (κ3) is 5.41. The summed E-state index contributed by atoms with van der Waals surface area (Å²) in [5.74, 6) is -1.06. The first-order valence-electron chi connectivity index (χ1n) is 4.68. The van der Waals surface area contributed by atoms with Gasteiger partial charge in [-0.15, -0.1) is 0 Å². The van der Waals surface area contributed by atoms with E-state index in [1.807, 2.05) is 0 Å². The lowest BCUT2D eigenvalue weighted by atomic mass is 10.3. The highest BCUT2D eigenvalue weighted by Crippen LogP contribution is 2.40. The first kappa shape index (κ1) is 17.4. The van der Waals surface area contributed by atoms with Gasteiger partial charge in [-0.25, -0.2) is 4.39 Å². The van der Waals surface area contributed by atoms with Crippen molar-refractivity contribution in [3.05, 3.63) is 24.0 Å². The SMILES string of the molecule is O=[PH](O)COS(=O)(=O)c1ccc(F)cc1SC(F)(F)F. The normalized spacial score (nSPS) is 14.2. The molecule has 5 nitrogen and oxygen atoms in total. The van der Waals surface area contributed by atoms with E-state index < -0.39 is 57.4 Å². The molecule has 20 heavy (non-hydrogen) atoms. The Kier molecular flexibility index (Phi) is 5.61. The van der Waals surface area contributed by atoms with E-state index in [1.54, 1.807) is 0 Å². The average molecular weight is 354 g/mol. The van der Waals surface area contributed by atoms with Crippen molar-refractivity contribution < 1.29 is 39.6 Å². The van der Waals surface area contributed by atoms with Crippen LogP contribution in [-0.4, -0.2) is 25.2 Å². The Morgan fingerprint density at radius 3 is 2.45 bits per heavy atom. The minimum Gasteiger partial charge on any atom is -0.345 e. The van der Waals surface area contributed by atoms with Crippen LogP contribution in [0.15, 0.2) is 28.0 Å². The van der Waals surface area contributed by atoms with Crippen LogP contribution in [-0.2, 0) is 18.9 Å². The summed E-state index contributed by atoms with van der Waals surface area (Å²) in [6, 6.07) is 1.61. The van der Waals surface area contributed by atoms with Crippen LogP contribution in [0.2, 0.25) is 0 Å². The molecule has 0 saturated heterocycles. The van der Waals surface area contributed by atoms with E-state index in [-0.39, 0.29) is 0 Å². The van der Waals surface area contributed by atoms with Gasteiger partial charge in [0.2, 0.25) is 8.03 Å². The molecule has 0 amide bonds. The van der Waals surface area contributed by atoms with Crippen molar-refractivity contribution >= 4 is 29.9 Å². The highest BCUT2D eigenvalue weighted by molar-refractivity contribution is 8.00. The fourth-order valence-electron chi connectivity index (χ4n) is 1.08. The van der Waals surface area contributed by atoms with Crippen LogP contribution >= 0.6 is 19.8 Å². The molecule has 0 aliphatic heterocycles. The van der Waals surface area contributed by atoms with E-state index in [0.717, 1.165) is 0 Å². The maximum atomic E-state index is 12.9. The van der Waals surface area contributed by atoms with Crippen LogP contribution in [0.25, 0.3) is 0 Å². The average Bonchev–Trinajstić information content (AvgIpc) is 2.24. The molecule has 114 valence electrons. The molecule has 0 aliphatic carbocycles. The Morgan fingerprint density at radius 1 is 1.35 bits per heavy atom. The molecule has 1 N–H and O–H groups in total. The standard InChI is InChI=1S/C8H7F4O5PS2/c9-5-1-2-7(6(3-5)19-8(10,11)12)20(15,16)17-4-18(13)14/h1-3,18H,4H2,(H,13,14). The first-order valence-corrected chi connectivity index (χ1v) is 8.46. The molecule has 0 saturated carbocycles. The van der Waals surface area contributed by atoms with Crippen LogP contribution in [0.5, 0.6) is 0 Å². The summed E-state index contributed by atoms with van der Waals surface area (Å²) in [7, 11) is -7.98. The van der Waals surface area contributed by atoms with Crippen molar-refractivity contribution in [2.75, 3.05) is 6.35 Å². The molecular formula is C8H7F4O5PS2. The third-order valence-electron chi connectivity index (χ3n) is 1.74. The van der Waals surface area contributed by atoms with Crippen LogP contribution in [0.3, 0.4) is 0 Å². The molecule has 0 aromatic heterocycles. The van der Waals surface area contributed by atoms with Gasteiger partial charge in [-0.05, 0) is 30.0 Å². The molecule has 0 bridgehead atoms. The summed E-state index contributed by atoms with van der Waals surface area (Å²) < 4.78 is 87.5. The Hall–Kier alpha value is -0.610. The summed E-state index contributed by atoms with van der Waals surface area (Å²) in [4.78, 5) is 6.63. The fourth-order valence-corrected chi connectivity index (χ4v) is 3.80. The number of rotatable bonds is 5. The van der Waals surface area contributed by atoms with Gasteiger partial charge in [-0.2, -0.15) is 21.6 Å². The molecular weight excluding hydrogens is 347 g/mol. The molecule has 12 heteroatoms. The molecule has 0 fully saturated rings. The van der Waals surface area contributed by atoms with Crippen LogP contribution in [0.4, 0.5) is 17.6 Å². The Balaban J connectivity index is 3.20. The highest BCUT2D eigenvalue weighted by Gasteiger charge is 2.33. The Labute approximate surface area is 115 Å². The van der Waals surface area contributed by atoms with Crippen molar-refractivity contribution in [3.63, 3.8) is 0 Å². The second-order valence-electron chi connectivity index (χ2n) is 3.25. The van der Waals surface area contributed by atoms with Crippen LogP contribution < -0.4 is 0 Å². The minimum absolute atomic E-state index is 0.385. The summed E-state index contributed by atoms with van der Waals surface area (Å²) >= 11 is -0.829. The van der Waals surface area contributed by atoms with Gasteiger partial charge in [0.25, 0.3) is 10.1 Å². The molecule has 1 rings (SSSR count). The number of benzene rings is 1. The van der Waals surface area contributed by atoms with Crippen molar-refractivity contribution in [3.8, 4) is 0 Å². The highest BCUT2D eigenvalue weighted by atomic mass is 32.2. The van der Waals surface area contributed by atoms with Gasteiger partial charge in [0.1, 0.15) is 17.1 Å². The predicted octanol–water partition coefficient (Wildman–Crippen LogP) is 2.57. The Morgan fingerprint density at radius 2 is 1.95 bits per heavy atom. The molecule has 0 spiro atoms. The lowest BCUT2D eigenvalue weighted by Crippen LogP contribution is -2.09. The van der Waals surface area contributed by atoms with Crippen molar-refractivity contribution in [1.82, 2.24) is 0 Å². The van der Waals surface area contributed by atoms with E-state index in [0.29, 0.717) is 18.2 Å². The van der Waals surface area contributed by atoms with Gasteiger partial charge in [0.15, 0.2) is 0 Å².